The van der Waals surface area contributed by atoms with Gasteiger partial charge in [-0.2, -0.15) is 0 Å². The molecule has 0 bridgehead atoms. The molecule has 30 heavy (non-hydrogen) atoms. The van der Waals surface area contributed by atoms with Crippen LogP contribution in [0.4, 0.5) is 0 Å². The quantitative estimate of drug-likeness (QED) is 0.326. The molecule has 1 aliphatic rings. The molecule has 1 aliphatic heterocycles. The summed E-state index contributed by atoms with van der Waals surface area (Å²) in [4.78, 5) is 15.7. The summed E-state index contributed by atoms with van der Waals surface area (Å²) >= 11 is 0. The lowest BCUT2D eigenvalue weighted by molar-refractivity contribution is -0.214. The molecule has 154 valence electrons. The molecule has 1 fully saturated rings. The first-order chi connectivity index (χ1) is 14.8. The summed E-state index contributed by atoms with van der Waals surface area (Å²) in [5.41, 5.74) is 0. The van der Waals surface area contributed by atoms with Crippen LogP contribution in [0, 0.1) is 0 Å². The van der Waals surface area contributed by atoms with Crippen LogP contribution in [0.2, 0.25) is 0 Å². The number of benzene rings is 3. The molecule has 5 nitrogen and oxygen atoms in total. The maximum absolute atomic E-state index is 12.1. The van der Waals surface area contributed by atoms with Gasteiger partial charge in [-0.1, -0.05) is 36.4 Å². The minimum absolute atomic E-state index is 0.186. The fourth-order valence-corrected chi connectivity index (χ4v) is 5.13. The van der Waals surface area contributed by atoms with Gasteiger partial charge in [0.05, 0.1) is 30.7 Å². The second-order valence-corrected chi connectivity index (χ2v) is 8.59. The van der Waals surface area contributed by atoms with E-state index in [-0.39, 0.29) is 17.5 Å². The van der Waals surface area contributed by atoms with Crippen molar-refractivity contribution in [3.05, 3.63) is 84.9 Å². The highest BCUT2D eigenvalue weighted by atomic mass is 32.2. The maximum atomic E-state index is 12.1. The zero-order valence-electron chi connectivity index (χ0n) is 16.4. The highest BCUT2D eigenvalue weighted by Gasteiger charge is 2.28. The Balaban J connectivity index is 1.43. The van der Waals surface area contributed by atoms with E-state index >= 15 is 0 Å². The fraction of sp³-hybridized carbons (Fsp3) is 0.208. The van der Waals surface area contributed by atoms with E-state index in [4.69, 9.17) is 18.9 Å². The Morgan fingerprint density at radius 3 is 2.00 bits per heavy atom. The Morgan fingerprint density at radius 2 is 1.43 bits per heavy atom. The number of carbonyl (C=O) groups is 1. The third kappa shape index (κ3) is 5.49. The van der Waals surface area contributed by atoms with Crippen LogP contribution < -0.4 is 4.74 Å². The van der Waals surface area contributed by atoms with Gasteiger partial charge in [0.1, 0.15) is 12.4 Å². The second-order valence-electron chi connectivity index (χ2n) is 6.56. The van der Waals surface area contributed by atoms with Crippen molar-refractivity contribution in [3.63, 3.8) is 0 Å². The van der Waals surface area contributed by atoms with E-state index in [0.29, 0.717) is 25.6 Å². The van der Waals surface area contributed by atoms with Crippen molar-refractivity contribution in [1.29, 1.82) is 0 Å². The molecule has 3 aromatic carbocycles. The second kappa shape index (κ2) is 10.4. The Labute approximate surface area is 178 Å². The van der Waals surface area contributed by atoms with Gasteiger partial charge in [0.25, 0.3) is 0 Å². The van der Waals surface area contributed by atoms with Crippen molar-refractivity contribution in [2.75, 3.05) is 26.4 Å². The van der Waals surface area contributed by atoms with Gasteiger partial charge in [-0.3, -0.25) is 0 Å². The lowest BCUT2D eigenvalue weighted by atomic mass is 10.3. The largest absolute Gasteiger partial charge is 0.425 e. The van der Waals surface area contributed by atoms with E-state index in [9.17, 15) is 4.79 Å². The summed E-state index contributed by atoms with van der Waals surface area (Å²) in [6.45, 7) is 1.15. The molecular formula is C24H23O5S+. The molecule has 3 aromatic rings. The van der Waals surface area contributed by atoms with Gasteiger partial charge in [0.2, 0.25) is 0 Å². The summed E-state index contributed by atoms with van der Waals surface area (Å²) in [6, 6.07) is 28.4. The van der Waals surface area contributed by atoms with Crippen LogP contribution in [0.1, 0.15) is 0 Å². The van der Waals surface area contributed by atoms with Crippen molar-refractivity contribution in [2.24, 2.45) is 0 Å². The first-order valence-corrected chi connectivity index (χ1v) is 11.0. The average Bonchev–Trinajstić information content (AvgIpc) is 2.81. The Bertz CT molecular complexity index is 885. The molecule has 0 amide bonds. The Kier molecular flexibility index (Phi) is 7.16. The van der Waals surface area contributed by atoms with Gasteiger partial charge in [0, 0.05) is 0 Å². The predicted octanol–water partition coefficient (Wildman–Crippen LogP) is 4.08. The van der Waals surface area contributed by atoms with E-state index in [1.807, 2.05) is 36.4 Å². The van der Waals surface area contributed by atoms with Crippen molar-refractivity contribution < 1.29 is 23.7 Å². The van der Waals surface area contributed by atoms with E-state index in [2.05, 4.69) is 48.5 Å². The smallest absolute Gasteiger partial charge is 0.337 e. The number of hydrogen-bond acceptors (Lipinski definition) is 5. The molecule has 0 spiro atoms. The Morgan fingerprint density at radius 1 is 0.833 bits per heavy atom. The maximum Gasteiger partial charge on any atom is 0.337 e. The van der Waals surface area contributed by atoms with Gasteiger partial charge < -0.3 is 18.9 Å². The predicted molar refractivity (Wildman–Crippen MR) is 114 cm³/mol. The van der Waals surface area contributed by atoms with Crippen LogP contribution in [-0.4, -0.2) is 38.7 Å². The molecule has 0 radical (unpaired) electrons. The van der Waals surface area contributed by atoms with Gasteiger partial charge in [-0.25, -0.2) is 4.79 Å². The molecule has 0 saturated carbocycles. The number of ether oxygens (including phenoxy) is 4. The third-order valence-corrected chi connectivity index (χ3v) is 6.65. The topological polar surface area (TPSA) is 54.0 Å². The van der Waals surface area contributed by atoms with Crippen molar-refractivity contribution in [1.82, 2.24) is 0 Å². The highest BCUT2D eigenvalue weighted by molar-refractivity contribution is 7.97. The molecule has 0 aromatic heterocycles. The monoisotopic (exact) mass is 423 g/mol. The van der Waals surface area contributed by atoms with Crippen LogP contribution in [0.25, 0.3) is 0 Å². The van der Waals surface area contributed by atoms with Gasteiger partial charge in [-0.05, 0) is 48.5 Å². The Hall–Kier alpha value is -2.64. The summed E-state index contributed by atoms with van der Waals surface area (Å²) < 4.78 is 21.4. The number of rotatable bonds is 7. The summed E-state index contributed by atoms with van der Waals surface area (Å²) in [5, 5.41) is 0. The minimum Gasteiger partial charge on any atom is -0.425 e. The number of hydrogen-bond donors (Lipinski definition) is 0. The molecule has 1 heterocycles. The molecule has 6 heteroatoms. The number of esters is 1. The summed E-state index contributed by atoms with van der Waals surface area (Å²) in [5.74, 6) is 0.0138. The van der Waals surface area contributed by atoms with Gasteiger partial charge in [-0.15, -0.1) is 0 Å². The van der Waals surface area contributed by atoms with Crippen molar-refractivity contribution in [2.45, 2.75) is 21.0 Å². The van der Waals surface area contributed by atoms with Crippen LogP contribution in [0.15, 0.2) is 99.6 Å². The molecule has 1 atom stereocenters. The molecule has 0 N–H and O–H groups in total. The van der Waals surface area contributed by atoms with Crippen LogP contribution in [-0.2, 0) is 29.9 Å². The van der Waals surface area contributed by atoms with E-state index < -0.39 is 12.3 Å². The average molecular weight is 424 g/mol. The zero-order chi connectivity index (χ0) is 20.6. The van der Waals surface area contributed by atoms with E-state index in [1.165, 1.54) is 9.79 Å². The summed E-state index contributed by atoms with van der Waals surface area (Å²) in [6.07, 6.45) is -0.521. The SMILES string of the molecule is O=C(COC1COCCO1)Oc1ccc([S+](c2ccccc2)c2ccccc2)cc1. The number of carbonyl (C=O) groups excluding carboxylic acids is 1. The zero-order valence-corrected chi connectivity index (χ0v) is 17.3. The van der Waals surface area contributed by atoms with Crippen LogP contribution in [0.5, 0.6) is 5.75 Å². The van der Waals surface area contributed by atoms with Crippen LogP contribution in [0.3, 0.4) is 0 Å². The van der Waals surface area contributed by atoms with Crippen molar-refractivity contribution >= 4 is 16.9 Å². The summed E-state index contributed by atoms with van der Waals surface area (Å²) in [7, 11) is -0.238. The first-order valence-electron chi connectivity index (χ1n) is 9.76. The molecule has 4 rings (SSSR count). The standard InChI is InChI=1S/C24H23O5S/c25-23(17-28-24-18-26-15-16-27-24)29-19-11-13-22(14-12-19)30(20-7-3-1-4-8-20)21-9-5-2-6-10-21/h1-14,24H,15-18H2/q+1. The highest BCUT2D eigenvalue weighted by Crippen LogP contribution is 2.31. The van der Waals surface area contributed by atoms with Gasteiger partial charge >= 0.3 is 5.97 Å². The molecular weight excluding hydrogens is 400 g/mol. The van der Waals surface area contributed by atoms with Crippen LogP contribution >= 0.6 is 0 Å². The third-order valence-electron chi connectivity index (χ3n) is 4.42. The minimum atomic E-state index is -0.521. The lowest BCUT2D eigenvalue weighted by Gasteiger charge is -2.22. The molecule has 1 unspecified atom stereocenters. The van der Waals surface area contributed by atoms with Gasteiger partial charge in [0.15, 0.2) is 21.0 Å². The fourth-order valence-electron chi connectivity index (χ4n) is 3.05. The molecule has 1 saturated heterocycles. The molecule has 0 aliphatic carbocycles. The van der Waals surface area contributed by atoms with E-state index in [0.717, 1.165) is 4.90 Å². The van der Waals surface area contributed by atoms with E-state index in [1.54, 1.807) is 0 Å². The van der Waals surface area contributed by atoms with Crippen molar-refractivity contribution in [3.8, 4) is 5.75 Å². The normalized spacial score (nSPS) is 16.4. The first kappa shape index (κ1) is 20.6. The lowest BCUT2D eigenvalue weighted by Crippen LogP contribution is -2.33.